The summed E-state index contributed by atoms with van der Waals surface area (Å²) in [6.07, 6.45) is 2.29. The Morgan fingerprint density at radius 3 is 2.41 bits per heavy atom. The predicted molar refractivity (Wildman–Crippen MR) is 133 cm³/mol. The molecule has 3 N–H and O–H groups in total. The van der Waals surface area contributed by atoms with Gasteiger partial charge in [-0.3, -0.25) is 4.79 Å². The number of nitrogens with zero attached hydrogens (tertiary/aromatic N) is 1. The molecule has 1 fully saturated rings. The zero-order valence-electron chi connectivity index (χ0n) is 20.3. The number of aliphatic hydroxyl groups is 1. The number of hydrogen-bond donors (Lipinski definition) is 3. The number of piperidine rings is 1. The molecule has 0 spiro atoms. The first-order chi connectivity index (χ1) is 16.2. The first kappa shape index (κ1) is 25.8. The van der Waals surface area contributed by atoms with Crippen LogP contribution in [-0.2, 0) is 6.42 Å². The molecule has 0 aromatic heterocycles. The van der Waals surface area contributed by atoms with Crippen LogP contribution in [0, 0.1) is 17.7 Å². The summed E-state index contributed by atoms with van der Waals surface area (Å²) in [5.41, 5.74) is 2.22. The van der Waals surface area contributed by atoms with Gasteiger partial charge in [0.05, 0.1) is 12.1 Å². The SMILES string of the molecule is CC(=O)c1cccc(NC(=O)NC(C(C)C)C(O)CN2CCC(Cc3ccc(F)cc3)CC2)c1. The fourth-order valence-electron chi connectivity index (χ4n) is 4.55. The van der Waals surface area contributed by atoms with E-state index in [4.69, 9.17) is 0 Å². The van der Waals surface area contributed by atoms with Crippen molar-refractivity contribution in [1.82, 2.24) is 10.2 Å². The minimum absolute atomic E-state index is 0.0420. The number of aliphatic hydroxyl groups excluding tert-OH is 1. The number of β-amino-alcohol motifs (C(OH)–C–C–N with tert-alkyl or cyclic N) is 1. The second-order valence-corrected chi connectivity index (χ2v) is 9.65. The third kappa shape index (κ3) is 7.64. The lowest BCUT2D eigenvalue weighted by Gasteiger charge is -2.36. The van der Waals surface area contributed by atoms with Gasteiger partial charge in [-0.1, -0.05) is 38.1 Å². The van der Waals surface area contributed by atoms with E-state index in [2.05, 4.69) is 15.5 Å². The smallest absolute Gasteiger partial charge is 0.319 e. The Morgan fingerprint density at radius 1 is 1.12 bits per heavy atom. The summed E-state index contributed by atoms with van der Waals surface area (Å²) in [6, 6.07) is 12.7. The molecule has 7 heteroatoms. The highest BCUT2D eigenvalue weighted by Gasteiger charge is 2.28. The van der Waals surface area contributed by atoms with Gasteiger partial charge in [-0.15, -0.1) is 0 Å². The highest BCUT2D eigenvalue weighted by Crippen LogP contribution is 2.23. The molecule has 2 unspecified atom stereocenters. The van der Waals surface area contributed by atoms with Crippen molar-refractivity contribution in [2.24, 2.45) is 11.8 Å². The van der Waals surface area contributed by atoms with Gasteiger partial charge in [-0.2, -0.15) is 0 Å². The average molecular weight is 470 g/mol. The molecule has 184 valence electrons. The van der Waals surface area contributed by atoms with E-state index in [1.165, 1.54) is 19.1 Å². The van der Waals surface area contributed by atoms with Crippen LogP contribution in [0.4, 0.5) is 14.9 Å². The van der Waals surface area contributed by atoms with E-state index >= 15 is 0 Å². The maximum atomic E-state index is 13.1. The molecule has 0 bridgehead atoms. The van der Waals surface area contributed by atoms with Crippen LogP contribution in [0.15, 0.2) is 48.5 Å². The number of anilines is 1. The highest BCUT2D eigenvalue weighted by atomic mass is 19.1. The van der Waals surface area contributed by atoms with Gasteiger partial charge < -0.3 is 20.6 Å². The van der Waals surface area contributed by atoms with Gasteiger partial charge in [0.25, 0.3) is 0 Å². The first-order valence-electron chi connectivity index (χ1n) is 12.0. The van der Waals surface area contributed by atoms with Crippen LogP contribution in [0.5, 0.6) is 0 Å². The Morgan fingerprint density at radius 2 is 1.79 bits per heavy atom. The number of carbonyl (C=O) groups is 2. The second-order valence-electron chi connectivity index (χ2n) is 9.65. The summed E-state index contributed by atoms with van der Waals surface area (Å²) in [6.45, 7) is 7.69. The molecule has 1 heterocycles. The summed E-state index contributed by atoms with van der Waals surface area (Å²) in [5.74, 6) is 0.315. The van der Waals surface area contributed by atoms with Crippen LogP contribution < -0.4 is 10.6 Å². The lowest BCUT2D eigenvalue weighted by molar-refractivity contribution is 0.0539. The van der Waals surface area contributed by atoms with E-state index in [0.29, 0.717) is 23.7 Å². The Bertz CT molecular complexity index is 956. The molecule has 2 atom stereocenters. The topological polar surface area (TPSA) is 81.7 Å². The number of carbonyl (C=O) groups excluding carboxylic acids is 2. The maximum Gasteiger partial charge on any atom is 0.319 e. The standard InChI is InChI=1S/C27H36FN3O3/c1-18(2)26(30-27(34)29-24-6-4-5-22(16-24)19(3)32)25(33)17-31-13-11-21(12-14-31)15-20-7-9-23(28)10-8-20/h4-10,16,18,21,25-26,33H,11-15,17H2,1-3H3,(H2,29,30,34). The normalized spacial score (nSPS) is 16.8. The van der Waals surface area contributed by atoms with Crippen LogP contribution >= 0.6 is 0 Å². The fraction of sp³-hybridized carbons (Fsp3) is 0.481. The zero-order valence-corrected chi connectivity index (χ0v) is 20.3. The summed E-state index contributed by atoms with van der Waals surface area (Å²) in [7, 11) is 0. The maximum absolute atomic E-state index is 13.1. The number of rotatable bonds is 9. The molecule has 2 aromatic rings. The lowest BCUT2D eigenvalue weighted by atomic mass is 9.89. The van der Waals surface area contributed by atoms with Crippen molar-refractivity contribution in [3.8, 4) is 0 Å². The third-order valence-electron chi connectivity index (χ3n) is 6.55. The van der Waals surface area contributed by atoms with Gasteiger partial charge in [0.15, 0.2) is 5.78 Å². The van der Waals surface area contributed by atoms with Gasteiger partial charge in [0, 0.05) is 17.8 Å². The number of benzene rings is 2. The van der Waals surface area contributed by atoms with Crippen molar-refractivity contribution in [3.63, 3.8) is 0 Å². The summed E-state index contributed by atoms with van der Waals surface area (Å²) in [5, 5.41) is 16.6. The van der Waals surface area contributed by atoms with E-state index in [0.717, 1.165) is 37.9 Å². The second kappa shape index (κ2) is 12.1. The van der Waals surface area contributed by atoms with Gasteiger partial charge in [-0.05, 0) is 80.9 Å². The number of nitrogens with one attached hydrogen (secondary N) is 2. The van der Waals surface area contributed by atoms with E-state index in [9.17, 15) is 19.1 Å². The van der Waals surface area contributed by atoms with Gasteiger partial charge in [0.1, 0.15) is 5.82 Å². The molecule has 3 rings (SSSR count). The monoisotopic (exact) mass is 469 g/mol. The van der Waals surface area contributed by atoms with E-state index in [-0.39, 0.29) is 17.5 Å². The van der Waals surface area contributed by atoms with Crippen molar-refractivity contribution < 1.29 is 19.1 Å². The van der Waals surface area contributed by atoms with E-state index in [1.807, 2.05) is 26.0 Å². The minimum Gasteiger partial charge on any atom is -0.390 e. The summed E-state index contributed by atoms with van der Waals surface area (Å²) >= 11 is 0. The van der Waals surface area contributed by atoms with Crippen molar-refractivity contribution in [1.29, 1.82) is 0 Å². The quantitative estimate of drug-likeness (QED) is 0.473. The van der Waals surface area contributed by atoms with Crippen LogP contribution in [-0.4, -0.2) is 53.6 Å². The average Bonchev–Trinajstić information content (AvgIpc) is 2.80. The number of Topliss-reactive ketones (excluding diaryl/α,β-unsaturated/α-hetero) is 1. The number of hydrogen-bond acceptors (Lipinski definition) is 4. The Kier molecular flexibility index (Phi) is 9.19. The number of ketones is 1. The predicted octanol–water partition coefficient (Wildman–Crippen LogP) is 4.49. The van der Waals surface area contributed by atoms with Crippen LogP contribution in [0.3, 0.4) is 0 Å². The highest BCUT2D eigenvalue weighted by molar-refractivity contribution is 5.96. The van der Waals surface area contributed by atoms with Gasteiger partial charge >= 0.3 is 6.03 Å². The molecule has 6 nitrogen and oxygen atoms in total. The number of likely N-dealkylation sites (tertiary alicyclic amines) is 1. The molecule has 1 saturated heterocycles. The lowest BCUT2D eigenvalue weighted by Crippen LogP contribution is -2.53. The van der Waals surface area contributed by atoms with Crippen LogP contribution in [0.2, 0.25) is 0 Å². The number of halogens is 1. The van der Waals surface area contributed by atoms with Crippen molar-refractivity contribution in [3.05, 3.63) is 65.5 Å². The van der Waals surface area contributed by atoms with Crippen molar-refractivity contribution >= 4 is 17.5 Å². The van der Waals surface area contributed by atoms with Crippen molar-refractivity contribution in [2.45, 2.75) is 52.2 Å². The molecular weight excluding hydrogens is 433 g/mol. The minimum atomic E-state index is -0.706. The van der Waals surface area contributed by atoms with Crippen molar-refractivity contribution in [2.75, 3.05) is 25.0 Å². The van der Waals surface area contributed by atoms with Gasteiger partial charge in [-0.25, -0.2) is 9.18 Å². The zero-order chi connectivity index (χ0) is 24.7. The first-order valence-corrected chi connectivity index (χ1v) is 12.0. The molecule has 1 aliphatic rings. The fourth-order valence-corrected chi connectivity index (χ4v) is 4.55. The summed E-state index contributed by atoms with van der Waals surface area (Å²) in [4.78, 5) is 26.4. The number of amides is 2. The largest absolute Gasteiger partial charge is 0.390 e. The Hall–Kier alpha value is -2.77. The molecule has 1 aliphatic heterocycles. The third-order valence-corrected chi connectivity index (χ3v) is 6.55. The van der Waals surface area contributed by atoms with E-state index < -0.39 is 18.2 Å². The van der Waals surface area contributed by atoms with E-state index in [1.54, 1.807) is 24.3 Å². The Labute approximate surface area is 201 Å². The molecular formula is C27H36FN3O3. The molecule has 0 radical (unpaired) electrons. The molecule has 34 heavy (non-hydrogen) atoms. The molecule has 2 aromatic carbocycles. The van der Waals surface area contributed by atoms with Crippen LogP contribution in [0.1, 0.15) is 49.5 Å². The summed E-state index contributed by atoms with van der Waals surface area (Å²) < 4.78 is 13.1. The molecule has 0 aliphatic carbocycles. The molecule has 2 amide bonds. The van der Waals surface area contributed by atoms with Crippen LogP contribution in [0.25, 0.3) is 0 Å². The number of urea groups is 1. The van der Waals surface area contributed by atoms with Gasteiger partial charge in [0.2, 0.25) is 0 Å². The molecule has 0 saturated carbocycles. The Balaban J connectivity index is 1.48.